The Bertz CT molecular complexity index is 2140. The zero-order chi connectivity index (χ0) is 41.9. The number of nitrogens with zero attached hydrogens (tertiary/aromatic N) is 4. The van der Waals surface area contributed by atoms with E-state index in [9.17, 15) is 26.3 Å². The molecule has 0 aliphatic carbocycles. The van der Waals surface area contributed by atoms with Crippen LogP contribution in [0.1, 0.15) is 11.1 Å². The highest BCUT2D eigenvalue weighted by molar-refractivity contribution is 9.10. The van der Waals surface area contributed by atoms with E-state index >= 15 is 0 Å². The third kappa shape index (κ3) is 11.3. The molecule has 6 aromatic rings. The number of azo groups is 2. The van der Waals surface area contributed by atoms with E-state index in [2.05, 4.69) is 52.3 Å². The van der Waals surface area contributed by atoms with Crippen molar-refractivity contribution in [2.75, 3.05) is 26.4 Å². The Morgan fingerprint density at radius 1 is 0.339 bits per heavy atom. The molecule has 0 aliphatic heterocycles. The van der Waals surface area contributed by atoms with Gasteiger partial charge in [-0.25, -0.2) is 0 Å². The molecule has 16 heteroatoms. The molecular formula is C43H32Br2F6N4O4. The second-order valence-electron chi connectivity index (χ2n) is 12.5. The molecule has 0 saturated heterocycles. The van der Waals surface area contributed by atoms with Gasteiger partial charge in [0.15, 0.2) is 0 Å². The normalized spacial score (nSPS) is 12.2. The molecule has 0 bridgehead atoms. The lowest BCUT2D eigenvalue weighted by molar-refractivity contribution is -0.288. The minimum atomic E-state index is -5.76. The zero-order valence-electron chi connectivity index (χ0n) is 30.6. The number of ether oxygens (including phenoxy) is 4. The van der Waals surface area contributed by atoms with E-state index in [1.807, 2.05) is 24.3 Å². The molecule has 0 saturated carbocycles. The topological polar surface area (TPSA) is 86.4 Å². The van der Waals surface area contributed by atoms with Crippen LogP contribution in [-0.4, -0.2) is 38.8 Å². The maximum Gasteiger partial charge on any atom is 0.411 e. The fourth-order valence-electron chi connectivity index (χ4n) is 5.69. The first-order valence-corrected chi connectivity index (χ1v) is 19.3. The van der Waals surface area contributed by atoms with Gasteiger partial charge in [-0.05, 0) is 132 Å². The average Bonchev–Trinajstić information content (AvgIpc) is 3.22. The summed E-state index contributed by atoms with van der Waals surface area (Å²) in [7, 11) is 0. The van der Waals surface area contributed by atoms with Crippen LogP contribution in [0.15, 0.2) is 175 Å². The van der Waals surface area contributed by atoms with Crippen molar-refractivity contribution >= 4 is 54.6 Å². The molecule has 6 rings (SSSR count). The van der Waals surface area contributed by atoms with Crippen LogP contribution >= 0.6 is 31.9 Å². The molecule has 0 N–H and O–H groups in total. The lowest BCUT2D eigenvalue weighted by Crippen LogP contribution is -2.54. The van der Waals surface area contributed by atoms with Gasteiger partial charge in [-0.2, -0.15) is 46.8 Å². The van der Waals surface area contributed by atoms with Crippen LogP contribution in [0.3, 0.4) is 0 Å². The molecule has 0 fully saturated rings. The standard InChI is InChI=1S/C43H32Br2F6N4O4/c44-31-5-9-33(10-6-31)52-54-35-13-21-39(22-14-35)58-27-25-56-37-17-1-29(2-18-37)41(42(46,47)48,43(49,50)51)30-3-19-38(20-4-30)57-26-28-59-40-23-15-36(16-24-40)55-53-34-11-7-32(45)8-12-34/h1-24H,25-28H2. The summed E-state index contributed by atoms with van der Waals surface area (Å²) < 4.78 is 113. The lowest BCUT2D eigenvalue weighted by atomic mass is 9.73. The van der Waals surface area contributed by atoms with Crippen molar-refractivity contribution in [3.8, 4) is 23.0 Å². The second-order valence-corrected chi connectivity index (χ2v) is 14.4. The van der Waals surface area contributed by atoms with Crippen molar-refractivity contribution in [2.45, 2.75) is 17.8 Å². The molecule has 0 aliphatic rings. The molecule has 0 radical (unpaired) electrons. The molecular weight excluding hydrogens is 910 g/mol. The van der Waals surface area contributed by atoms with Crippen molar-refractivity contribution < 1.29 is 45.3 Å². The van der Waals surface area contributed by atoms with Crippen LogP contribution in [0.5, 0.6) is 23.0 Å². The van der Waals surface area contributed by atoms with Gasteiger partial charge in [0.25, 0.3) is 0 Å². The predicted octanol–water partition coefficient (Wildman–Crippen LogP) is 14.4. The maximum atomic E-state index is 14.7. The smallest absolute Gasteiger partial charge is 0.411 e. The van der Waals surface area contributed by atoms with Gasteiger partial charge in [0.1, 0.15) is 49.4 Å². The van der Waals surface area contributed by atoms with Crippen molar-refractivity contribution in [3.05, 3.63) is 166 Å². The highest BCUT2D eigenvalue weighted by Crippen LogP contribution is 2.56. The zero-order valence-corrected chi connectivity index (χ0v) is 33.8. The predicted molar refractivity (Wildman–Crippen MR) is 217 cm³/mol. The number of hydrogen-bond donors (Lipinski definition) is 0. The third-order valence-corrected chi connectivity index (χ3v) is 9.61. The first-order chi connectivity index (χ1) is 28.3. The minimum Gasteiger partial charge on any atom is -0.490 e. The monoisotopic (exact) mass is 940 g/mol. The molecule has 59 heavy (non-hydrogen) atoms. The van der Waals surface area contributed by atoms with Gasteiger partial charge in [0.2, 0.25) is 5.41 Å². The van der Waals surface area contributed by atoms with E-state index < -0.39 is 28.9 Å². The SMILES string of the molecule is FC(F)(F)C(c1ccc(OCCOc2ccc(N=Nc3ccc(Br)cc3)cc2)cc1)(c1ccc(OCCOc2ccc(N=Nc3ccc(Br)cc3)cc2)cc1)C(F)(F)F. The Morgan fingerprint density at radius 3 is 0.797 bits per heavy atom. The Kier molecular flexibility index (Phi) is 14.0. The van der Waals surface area contributed by atoms with Gasteiger partial charge in [-0.3, -0.25) is 0 Å². The molecule has 0 heterocycles. The molecule has 0 aromatic heterocycles. The quantitative estimate of drug-likeness (QED) is 0.0549. The summed E-state index contributed by atoms with van der Waals surface area (Å²) >= 11 is 6.72. The van der Waals surface area contributed by atoms with Crippen LogP contribution in [0, 0.1) is 0 Å². The minimum absolute atomic E-state index is 0.0342. The highest BCUT2D eigenvalue weighted by Gasteiger charge is 2.72. The van der Waals surface area contributed by atoms with Crippen LogP contribution in [-0.2, 0) is 5.41 Å². The highest BCUT2D eigenvalue weighted by atomic mass is 79.9. The summed E-state index contributed by atoms with van der Waals surface area (Å²) in [5.74, 6) is 1.11. The third-order valence-electron chi connectivity index (χ3n) is 8.56. The van der Waals surface area contributed by atoms with Crippen molar-refractivity contribution in [1.82, 2.24) is 0 Å². The molecule has 0 spiro atoms. The van der Waals surface area contributed by atoms with E-state index in [1.165, 1.54) is 0 Å². The van der Waals surface area contributed by atoms with E-state index in [4.69, 9.17) is 18.9 Å². The van der Waals surface area contributed by atoms with Gasteiger partial charge >= 0.3 is 12.4 Å². The summed E-state index contributed by atoms with van der Waals surface area (Å²) in [6.45, 7) is 0.0267. The Labute approximate surface area is 351 Å². The first-order valence-electron chi connectivity index (χ1n) is 17.7. The van der Waals surface area contributed by atoms with Crippen LogP contribution in [0.25, 0.3) is 0 Å². The van der Waals surface area contributed by atoms with Crippen LogP contribution < -0.4 is 18.9 Å². The van der Waals surface area contributed by atoms with Crippen LogP contribution in [0.2, 0.25) is 0 Å². The Balaban J connectivity index is 1.01. The molecule has 0 atom stereocenters. The summed E-state index contributed by atoms with van der Waals surface area (Å²) in [6.07, 6.45) is -11.5. The summed E-state index contributed by atoms with van der Waals surface area (Å²) in [5.41, 5.74) is -3.85. The number of alkyl halides is 6. The average molecular weight is 943 g/mol. The van der Waals surface area contributed by atoms with Crippen molar-refractivity contribution in [1.29, 1.82) is 0 Å². The number of hydrogen-bond acceptors (Lipinski definition) is 8. The second kappa shape index (κ2) is 19.3. The number of rotatable bonds is 16. The van der Waals surface area contributed by atoms with Gasteiger partial charge in [-0.1, -0.05) is 56.1 Å². The Morgan fingerprint density at radius 2 is 0.559 bits per heavy atom. The van der Waals surface area contributed by atoms with Crippen LogP contribution in [0.4, 0.5) is 49.1 Å². The van der Waals surface area contributed by atoms with Crippen molar-refractivity contribution in [2.24, 2.45) is 20.5 Å². The maximum absolute atomic E-state index is 14.7. The van der Waals surface area contributed by atoms with Gasteiger partial charge < -0.3 is 18.9 Å². The summed E-state index contributed by atoms with van der Waals surface area (Å²) in [4.78, 5) is 0. The fraction of sp³-hybridized carbons (Fsp3) is 0.163. The van der Waals surface area contributed by atoms with E-state index in [-0.39, 0.29) is 37.9 Å². The molecule has 0 unspecified atom stereocenters. The lowest BCUT2D eigenvalue weighted by Gasteiger charge is -2.38. The molecule has 6 aromatic carbocycles. The number of benzene rings is 6. The van der Waals surface area contributed by atoms with E-state index in [0.717, 1.165) is 57.5 Å². The molecule has 304 valence electrons. The van der Waals surface area contributed by atoms with Gasteiger partial charge in [0, 0.05) is 8.95 Å². The largest absolute Gasteiger partial charge is 0.490 e. The molecule has 0 amide bonds. The summed E-state index contributed by atoms with van der Waals surface area (Å²) in [6, 6.07) is 35.4. The molecule has 8 nitrogen and oxygen atoms in total. The van der Waals surface area contributed by atoms with Gasteiger partial charge in [-0.15, -0.1) is 0 Å². The first kappa shape index (κ1) is 42.9. The Hall–Kier alpha value is -5.74. The van der Waals surface area contributed by atoms with Crippen molar-refractivity contribution in [3.63, 3.8) is 0 Å². The fourth-order valence-corrected chi connectivity index (χ4v) is 6.22. The number of halogens is 8. The van der Waals surface area contributed by atoms with E-state index in [1.54, 1.807) is 72.8 Å². The van der Waals surface area contributed by atoms with Gasteiger partial charge in [0.05, 0.1) is 22.7 Å². The summed E-state index contributed by atoms with van der Waals surface area (Å²) in [5, 5.41) is 16.7. The van der Waals surface area contributed by atoms with E-state index in [0.29, 0.717) is 34.2 Å².